The summed E-state index contributed by atoms with van der Waals surface area (Å²) in [6.07, 6.45) is 12.3. The number of allylic oxidation sites excluding steroid dienone is 3. The second-order valence-corrected chi connectivity index (χ2v) is 20.7. The third-order valence-corrected chi connectivity index (χ3v) is 15.8. The topological polar surface area (TPSA) is 169 Å². The predicted octanol–water partition coefficient (Wildman–Crippen LogP) is 8.82. The van der Waals surface area contributed by atoms with E-state index < -0.39 is 11.3 Å². The van der Waals surface area contributed by atoms with Crippen molar-refractivity contribution in [2.45, 2.75) is 154 Å². The molecule has 0 saturated carbocycles. The van der Waals surface area contributed by atoms with Crippen LogP contribution in [0.5, 0.6) is 5.75 Å². The number of likely N-dealkylation sites (N-methyl/N-ethyl adjacent to an activating group) is 1. The van der Waals surface area contributed by atoms with Gasteiger partial charge < -0.3 is 33.8 Å². The molecular weight excluding hydrogens is 850 g/mol. The average Bonchev–Trinajstić information content (AvgIpc) is 3.94. The van der Waals surface area contributed by atoms with Gasteiger partial charge in [-0.2, -0.15) is 0 Å². The smallest absolute Gasteiger partial charge is 0.294 e. The van der Waals surface area contributed by atoms with Crippen molar-refractivity contribution in [2.24, 2.45) is 23.5 Å². The number of halogens is 1. The quantitative estimate of drug-likeness (QED) is 0.0659. The van der Waals surface area contributed by atoms with E-state index in [4.69, 9.17) is 36.7 Å². The predicted molar refractivity (Wildman–Crippen MR) is 256 cm³/mol. The first kappa shape index (κ1) is 57.3. The third-order valence-electron chi connectivity index (χ3n) is 11.9. The van der Waals surface area contributed by atoms with Crippen molar-refractivity contribution in [2.75, 3.05) is 40.3 Å². The highest BCUT2D eigenvalue weighted by molar-refractivity contribution is 8.77. The van der Waals surface area contributed by atoms with Gasteiger partial charge in [0.05, 0.1) is 30.5 Å². The zero-order valence-electron chi connectivity index (χ0n) is 39.5. The number of methoxy groups -OCH3 is 1. The van der Waals surface area contributed by atoms with Crippen molar-refractivity contribution in [1.82, 2.24) is 4.90 Å². The molecule has 1 saturated heterocycles. The lowest BCUT2D eigenvalue weighted by molar-refractivity contribution is -0.145. The van der Waals surface area contributed by atoms with E-state index in [0.717, 1.165) is 43.8 Å². The molecule has 1 aromatic rings. The Morgan fingerprint density at radius 2 is 1.77 bits per heavy atom. The molecule has 0 aliphatic carbocycles. The Balaban J connectivity index is 0.000000955. The molecule has 3 N–H and O–H groups in total. The van der Waals surface area contributed by atoms with Crippen LogP contribution in [0.3, 0.4) is 0 Å². The van der Waals surface area contributed by atoms with Gasteiger partial charge in [0.15, 0.2) is 5.72 Å². The summed E-state index contributed by atoms with van der Waals surface area (Å²) in [6, 6.07) is 3.46. The van der Waals surface area contributed by atoms with Crippen molar-refractivity contribution in [3.63, 3.8) is 0 Å². The van der Waals surface area contributed by atoms with E-state index in [2.05, 4.69) is 27.7 Å². The van der Waals surface area contributed by atoms with E-state index in [9.17, 15) is 24.0 Å². The summed E-state index contributed by atoms with van der Waals surface area (Å²) in [5.41, 5.74) is 7.32. The number of ketones is 2. The molecule has 0 radical (unpaired) electrons. The summed E-state index contributed by atoms with van der Waals surface area (Å²) < 4.78 is 17.5. The summed E-state index contributed by atoms with van der Waals surface area (Å²) in [7, 11) is 11.6. The number of nitrogens with two attached hydrogens (primary N) is 1. The highest BCUT2D eigenvalue weighted by Crippen LogP contribution is 2.52. The number of fused-ring (bicyclic) bond motifs is 3. The first-order valence-corrected chi connectivity index (χ1v) is 24.2. The van der Waals surface area contributed by atoms with Gasteiger partial charge in [0.2, 0.25) is 5.91 Å². The molecule has 1 aromatic carbocycles. The average molecular weight is 927 g/mol. The number of hydrogen-bond acceptors (Lipinski definition) is 13. The van der Waals surface area contributed by atoms with Gasteiger partial charge in [0, 0.05) is 69.1 Å². The second kappa shape index (κ2) is 28.2. The normalized spacial score (nSPS) is 27.0. The Hall–Kier alpha value is -2.72. The molecule has 352 valence electrons. The van der Waals surface area contributed by atoms with E-state index in [1.807, 2.05) is 91.7 Å². The van der Waals surface area contributed by atoms with Gasteiger partial charge in [0.25, 0.3) is 6.47 Å². The number of anilines is 1. The molecule has 15 heteroatoms. The molecule has 2 aliphatic heterocycles. The summed E-state index contributed by atoms with van der Waals surface area (Å²) in [5.74, 6) is 0.332. The number of carbonyl (C=O) groups excluding carboxylic acids is 5. The minimum atomic E-state index is -1.18. The number of ether oxygens (including phenoxy) is 3. The maximum atomic E-state index is 14.0. The molecule has 62 heavy (non-hydrogen) atoms. The van der Waals surface area contributed by atoms with Crippen LogP contribution in [0.1, 0.15) is 119 Å². The van der Waals surface area contributed by atoms with Crippen molar-refractivity contribution in [3.05, 3.63) is 46.5 Å². The van der Waals surface area contributed by atoms with Crippen LogP contribution in [-0.4, -0.2) is 110 Å². The number of carbonyl (C=O) groups is 5. The number of aliphatic hydroxyl groups excluding tert-OH is 1. The number of hydrogen-bond donors (Lipinski definition) is 2. The van der Waals surface area contributed by atoms with E-state index in [1.54, 1.807) is 26.0 Å². The third kappa shape index (κ3) is 18.4. The number of rotatable bonds is 17. The fraction of sp³-hybridized carbons (Fsp3) is 0.681. The molecule has 2 heterocycles. The molecule has 9 atom stereocenters. The fourth-order valence-corrected chi connectivity index (χ4v) is 10.4. The number of benzene rings is 1. The SMILES string of the molecule is CC(=O)CCC(C)SSC(C)CCC=O.CCC1C[C@](N)(OC=O)C/C=C/C=C(\C)Cc2cc(OC)c(Cl)c(c2)N(C)C(=O)C[C@H](CC(=O)C(C)N(C)C)C2(C)OC2[C@@H]1C.CO. The maximum Gasteiger partial charge on any atom is 0.294 e. The fourth-order valence-electron chi connectivity index (χ4n) is 7.54. The van der Waals surface area contributed by atoms with Crippen LogP contribution < -0.4 is 15.4 Å². The van der Waals surface area contributed by atoms with Gasteiger partial charge in [-0.3, -0.25) is 25.0 Å². The Kier molecular flexibility index (Phi) is 26.1. The molecule has 0 aromatic heterocycles. The second-order valence-electron chi connectivity index (χ2n) is 17.1. The lowest BCUT2D eigenvalue weighted by Gasteiger charge is -2.33. The molecule has 1 fully saturated rings. The molecule has 3 rings (SSSR count). The minimum Gasteiger partial charge on any atom is -0.495 e. The number of aliphatic hydroxyl groups is 1. The zero-order chi connectivity index (χ0) is 47.4. The number of amides is 1. The summed E-state index contributed by atoms with van der Waals surface area (Å²) in [6.45, 7) is 16.4. The van der Waals surface area contributed by atoms with Crippen molar-refractivity contribution in [1.29, 1.82) is 0 Å². The zero-order valence-corrected chi connectivity index (χ0v) is 41.9. The lowest BCUT2D eigenvalue weighted by atomic mass is 9.75. The maximum absolute atomic E-state index is 14.0. The molecule has 2 aliphatic rings. The summed E-state index contributed by atoms with van der Waals surface area (Å²) in [4.78, 5) is 63.3. The number of Topliss-reactive ketones (excluding diaryl/α,β-unsaturated/α-hetero) is 2. The van der Waals surface area contributed by atoms with Crippen LogP contribution in [0, 0.1) is 17.8 Å². The lowest BCUT2D eigenvalue weighted by Crippen LogP contribution is -2.45. The van der Waals surface area contributed by atoms with E-state index in [0.29, 0.717) is 65.5 Å². The highest BCUT2D eigenvalue weighted by Gasteiger charge is 2.61. The Labute approximate surface area is 385 Å². The standard InChI is InChI=1S/C35H52ClN3O6.C11H20O2S2.CH4O/c1-10-26-20-35(37,44-21-40)14-12-11-13-22(2)15-25-16-28(32(36)30(17-25)43-9)39(8)31(42)19-27(18-29(41)24(4)38(6)7)34(5)33(45-34)23(26)3;1-9(13)6-7-11(3)15-14-10(2)5-4-8-12;1-2/h11-13,16-17,21,23-24,26-27,33H,10,14-15,18-20,37H2,1-9H3;8,10-11H,4-7H2,1-3H3;2H,1H3/b12-11+,22-13+;;/t23-,24?,26?,27+,33?,34?,35-;;/m1../s1. The van der Waals surface area contributed by atoms with Crippen LogP contribution in [0.25, 0.3) is 0 Å². The molecular formula is C47H76ClN3O9S2. The van der Waals surface area contributed by atoms with Gasteiger partial charge in [-0.05, 0) is 90.6 Å². The summed E-state index contributed by atoms with van der Waals surface area (Å²) in [5, 5.41) is 8.37. The van der Waals surface area contributed by atoms with Gasteiger partial charge >= 0.3 is 0 Å². The van der Waals surface area contributed by atoms with Crippen molar-refractivity contribution >= 4 is 69.1 Å². The van der Waals surface area contributed by atoms with Crippen LogP contribution in [0.2, 0.25) is 5.02 Å². The van der Waals surface area contributed by atoms with Gasteiger partial charge in [0.1, 0.15) is 28.6 Å². The summed E-state index contributed by atoms with van der Waals surface area (Å²) >= 11 is 6.76. The Morgan fingerprint density at radius 3 is 2.32 bits per heavy atom. The van der Waals surface area contributed by atoms with Crippen LogP contribution in [0.4, 0.5) is 5.69 Å². The van der Waals surface area contributed by atoms with E-state index >= 15 is 0 Å². The highest BCUT2D eigenvalue weighted by atomic mass is 35.5. The molecule has 2 bridgehead atoms. The van der Waals surface area contributed by atoms with E-state index in [-0.39, 0.29) is 60.2 Å². The van der Waals surface area contributed by atoms with Crippen molar-refractivity contribution < 1.29 is 43.3 Å². The van der Waals surface area contributed by atoms with Gasteiger partial charge in [-0.25, -0.2) is 0 Å². The number of nitrogens with zero attached hydrogens (tertiary/aromatic N) is 2. The van der Waals surface area contributed by atoms with Crippen LogP contribution >= 0.6 is 33.2 Å². The van der Waals surface area contributed by atoms with Crippen LogP contribution in [0.15, 0.2) is 35.9 Å². The van der Waals surface area contributed by atoms with Crippen molar-refractivity contribution in [3.8, 4) is 5.75 Å². The molecule has 1 amide bonds. The first-order valence-electron chi connectivity index (χ1n) is 21.6. The van der Waals surface area contributed by atoms with Gasteiger partial charge in [-0.1, -0.05) is 91.1 Å². The Morgan fingerprint density at radius 1 is 1.15 bits per heavy atom. The molecule has 0 spiro atoms. The Bertz CT molecular complexity index is 1660. The molecule has 6 unspecified atom stereocenters. The number of aldehydes is 1. The number of epoxide rings is 1. The molecule has 12 nitrogen and oxygen atoms in total. The van der Waals surface area contributed by atoms with E-state index in [1.165, 1.54) is 0 Å². The minimum absolute atomic E-state index is 0.0264. The monoisotopic (exact) mass is 925 g/mol. The van der Waals surface area contributed by atoms with Gasteiger partial charge in [-0.15, -0.1) is 0 Å². The first-order chi connectivity index (χ1) is 29.2. The van der Waals surface area contributed by atoms with Crippen LogP contribution in [-0.2, 0) is 39.9 Å². The largest absolute Gasteiger partial charge is 0.495 e.